The highest BCUT2D eigenvalue weighted by atomic mass is 32.1. The summed E-state index contributed by atoms with van der Waals surface area (Å²) in [5.74, 6) is -0.395. The van der Waals surface area contributed by atoms with E-state index in [1.807, 2.05) is 0 Å². The standard InChI is InChI=1S/C9H12O4S/c1-6(10)2-3-13-7-4-8(9(11)12)14-5-7/h4-6,10H,2-3H2,1H3,(H,11,12). The summed E-state index contributed by atoms with van der Waals surface area (Å²) in [5.41, 5.74) is 0. The van der Waals surface area contributed by atoms with E-state index in [-0.39, 0.29) is 4.88 Å². The zero-order valence-corrected chi connectivity index (χ0v) is 8.58. The topological polar surface area (TPSA) is 66.8 Å². The number of aromatic carboxylic acids is 1. The number of carbonyl (C=O) groups is 1. The van der Waals surface area contributed by atoms with Gasteiger partial charge in [0.15, 0.2) is 0 Å². The molecule has 0 aliphatic rings. The summed E-state index contributed by atoms with van der Waals surface area (Å²) in [6.07, 6.45) is 0.144. The molecule has 1 aromatic heterocycles. The van der Waals surface area contributed by atoms with E-state index >= 15 is 0 Å². The number of hydrogen-bond acceptors (Lipinski definition) is 4. The van der Waals surface area contributed by atoms with Crippen molar-refractivity contribution in [3.63, 3.8) is 0 Å². The molecule has 5 heteroatoms. The number of thiophene rings is 1. The Kier molecular flexibility index (Phi) is 3.91. The van der Waals surface area contributed by atoms with Crippen LogP contribution in [0.4, 0.5) is 0 Å². The van der Waals surface area contributed by atoms with Crippen LogP contribution < -0.4 is 4.74 Å². The van der Waals surface area contributed by atoms with Crippen LogP contribution in [0.5, 0.6) is 5.75 Å². The maximum absolute atomic E-state index is 10.5. The van der Waals surface area contributed by atoms with Crippen LogP contribution in [0.1, 0.15) is 23.0 Å². The fraction of sp³-hybridized carbons (Fsp3) is 0.444. The largest absolute Gasteiger partial charge is 0.493 e. The predicted molar refractivity (Wildman–Crippen MR) is 53.1 cm³/mol. The molecule has 0 saturated heterocycles. The van der Waals surface area contributed by atoms with Crippen LogP contribution in [-0.4, -0.2) is 28.9 Å². The first kappa shape index (κ1) is 11.0. The average Bonchev–Trinajstić information content (AvgIpc) is 2.52. The fourth-order valence-electron chi connectivity index (χ4n) is 0.854. The zero-order valence-electron chi connectivity index (χ0n) is 7.77. The third kappa shape index (κ3) is 3.35. The Balaban J connectivity index is 2.40. The van der Waals surface area contributed by atoms with Crippen molar-refractivity contribution in [2.45, 2.75) is 19.4 Å². The Hall–Kier alpha value is -1.07. The highest BCUT2D eigenvalue weighted by molar-refractivity contribution is 7.12. The Morgan fingerprint density at radius 2 is 2.43 bits per heavy atom. The number of carboxylic acids is 1. The Labute approximate surface area is 85.8 Å². The third-order valence-electron chi connectivity index (χ3n) is 1.59. The maximum Gasteiger partial charge on any atom is 0.346 e. The van der Waals surface area contributed by atoms with Gasteiger partial charge in [-0.1, -0.05) is 0 Å². The van der Waals surface area contributed by atoms with Crippen molar-refractivity contribution in [2.75, 3.05) is 6.61 Å². The smallest absolute Gasteiger partial charge is 0.346 e. The minimum Gasteiger partial charge on any atom is -0.493 e. The second-order valence-electron chi connectivity index (χ2n) is 2.94. The molecular weight excluding hydrogens is 204 g/mol. The Bertz CT molecular complexity index is 306. The van der Waals surface area contributed by atoms with E-state index in [2.05, 4.69) is 0 Å². The number of carboxylic acid groups (broad SMARTS) is 1. The van der Waals surface area contributed by atoms with E-state index < -0.39 is 12.1 Å². The van der Waals surface area contributed by atoms with Gasteiger partial charge in [0.1, 0.15) is 10.6 Å². The molecule has 14 heavy (non-hydrogen) atoms. The predicted octanol–water partition coefficient (Wildman–Crippen LogP) is 1.60. The lowest BCUT2D eigenvalue weighted by Gasteiger charge is -2.04. The van der Waals surface area contributed by atoms with Gasteiger partial charge in [-0.05, 0) is 6.92 Å². The van der Waals surface area contributed by atoms with Crippen LogP contribution in [0.2, 0.25) is 0 Å². The molecule has 0 aliphatic heterocycles. The molecule has 0 spiro atoms. The van der Waals surface area contributed by atoms with E-state index in [0.29, 0.717) is 18.8 Å². The molecule has 0 aromatic carbocycles. The second-order valence-corrected chi connectivity index (χ2v) is 3.85. The van der Waals surface area contributed by atoms with Gasteiger partial charge in [0.2, 0.25) is 0 Å². The van der Waals surface area contributed by atoms with Gasteiger partial charge >= 0.3 is 5.97 Å². The van der Waals surface area contributed by atoms with E-state index in [9.17, 15) is 4.79 Å². The quantitative estimate of drug-likeness (QED) is 0.784. The van der Waals surface area contributed by atoms with Gasteiger partial charge in [-0.3, -0.25) is 0 Å². The normalized spacial score (nSPS) is 12.4. The van der Waals surface area contributed by atoms with Crippen LogP contribution >= 0.6 is 11.3 Å². The van der Waals surface area contributed by atoms with Crippen molar-refractivity contribution in [2.24, 2.45) is 0 Å². The van der Waals surface area contributed by atoms with Crippen molar-refractivity contribution in [1.82, 2.24) is 0 Å². The number of aliphatic hydroxyl groups excluding tert-OH is 1. The van der Waals surface area contributed by atoms with Crippen molar-refractivity contribution in [1.29, 1.82) is 0 Å². The molecule has 0 fully saturated rings. The molecule has 0 radical (unpaired) electrons. The highest BCUT2D eigenvalue weighted by Gasteiger charge is 2.07. The molecule has 2 N–H and O–H groups in total. The molecule has 0 bridgehead atoms. The first-order valence-corrected chi connectivity index (χ1v) is 5.10. The van der Waals surface area contributed by atoms with Crippen LogP contribution in [-0.2, 0) is 0 Å². The minimum absolute atomic E-state index is 0.261. The zero-order chi connectivity index (χ0) is 10.6. The summed E-state index contributed by atoms with van der Waals surface area (Å²) in [4.78, 5) is 10.8. The summed E-state index contributed by atoms with van der Waals surface area (Å²) in [5, 5.41) is 19.2. The van der Waals surface area contributed by atoms with Crippen molar-refractivity contribution < 1.29 is 19.7 Å². The molecule has 1 unspecified atom stereocenters. The molecule has 1 heterocycles. The van der Waals surface area contributed by atoms with Gasteiger partial charge in [-0.15, -0.1) is 11.3 Å². The second kappa shape index (κ2) is 4.97. The molecule has 78 valence electrons. The van der Waals surface area contributed by atoms with E-state index in [0.717, 1.165) is 11.3 Å². The van der Waals surface area contributed by atoms with Crippen molar-refractivity contribution in [3.05, 3.63) is 16.3 Å². The van der Waals surface area contributed by atoms with Gasteiger partial charge in [0.25, 0.3) is 0 Å². The highest BCUT2D eigenvalue weighted by Crippen LogP contribution is 2.21. The molecule has 0 aliphatic carbocycles. The fourth-order valence-corrected chi connectivity index (χ4v) is 1.52. The van der Waals surface area contributed by atoms with Gasteiger partial charge in [0.05, 0.1) is 12.7 Å². The number of ether oxygens (including phenoxy) is 1. The maximum atomic E-state index is 10.5. The van der Waals surface area contributed by atoms with Crippen molar-refractivity contribution in [3.8, 4) is 5.75 Å². The third-order valence-corrected chi connectivity index (χ3v) is 2.49. The summed E-state index contributed by atoms with van der Waals surface area (Å²) in [6.45, 7) is 2.08. The SMILES string of the molecule is CC(O)CCOc1csc(C(=O)O)c1. The summed E-state index contributed by atoms with van der Waals surface area (Å²) in [6, 6.07) is 1.48. The molecule has 4 nitrogen and oxygen atoms in total. The Morgan fingerprint density at radius 1 is 1.71 bits per heavy atom. The summed E-state index contributed by atoms with van der Waals surface area (Å²) >= 11 is 1.13. The first-order valence-electron chi connectivity index (χ1n) is 4.22. The van der Waals surface area contributed by atoms with Gasteiger partial charge in [0, 0.05) is 17.9 Å². The average molecular weight is 216 g/mol. The lowest BCUT2D eigenvalue weighted by molar-refractivity contribution is 0.0701. The van der Waals surface area contributed by atoms with Gasteiger partial charge in [-0.2, -0.15) is 0 Å². The van der Waals surface area contributed by atoms with E-state index in [1.165, 1.54) is 6.07 Å². The lowest BCUT2D eigenvalue weighted by Crippen LogP contribution is -2.07. The summed E-state index contributed by atoms with van der Waals surface area (Å²) in [7, 11) is 0. The first-order chi connectivity index (χ1) is 6.59. The molecule has 0 saturated carbocycles. The van der Waals surface area contributed by atoms with Crippen LogP contribution in [0.15, 0.2) is 11.4 Å². The molecular formula is C9H12O4S. The number of aliphatic hydroxyl groups is 1. The minimum atomic E-state index is -0.944. The number of rotatable bonds is 5. The monoisotopic (exact) mass is 216 g/mol. The van der Waals surface area contributed by atoms with Gasteiger partial charge in [-0.25, -0.2) is 4.79 Å². The van der Waals surface area contributed by atoms with E-state index in [1.54, 1.807) is 12.3 Å². The lowest BCUT2D eigenvalue weighted by atomic mass is 10.3. The van der Waals surface area contributed by atoms with Crippen LogP contribution in [0.3, 0.4) is 0 Å². The molecule has 1 aromatic rings. The molecule has 1 atom stereocenters. The van der Waals surface area contributed by atoms with E-state index in [4.69, 9.17) is 14.9 Å². The van der Waals surface area contributed by atoms with Crippen LogP contribution in [0.25, 0.3) is 0 Å². The molecule has 1 rings (SSSR count). The number of hydrogen-bond donors (Lipinski definition) is 2. The van der Waals surface area contributed by atoms with Gasteiger partial charge < -0.3 is 14.9 Å². The van der Waals surface area contributed by atoms with Crippen molar-refractivity contribution >= 4 is 17.3 Å². The van der Waals surface area contributed by atoms with Crippen LogP contribution in [0, 0.1) is 0 Å². The molecule has 0 amide bonds. The Morgan fingerprint density at radius 3 is 2.93 bits per heavy atom. The summed E-state index contributed by atoms with van der Waals surface area (Å²) < 4.78 is 5.23.